The van der Waals surface area contributed by atoms with Crippen LogP contribution in [0.4, 0.5) is 5.69 Å². The fourth-order valence-electron chi connectivity index (χ4n) is 4.58. The summed E-state index contributed by atoms with van der Waals surface area (Å²) in [7, 11) is -3.84. The molecule has 0 radical (unpaired) electrons. The molecule has 8 nitrogen and oxygen atoms in total. The molecular formula is C24H26ClN5O3S. The van der Waals surface area contributed by atoms with Crippen molar-refractivity contribution < 1.29 is 13.2 Å². The van der Waals surface area contributed by atoms with Gasteiger partial charge in [0.1, 0.15) is 6.04 Å². The van der Waals surface area contributed by atoms with Crippen LogP contribution in [0.1, 0.15) is 19.3 Å². The van der Waals surface area contributed by atoms with Crippen LogP contribution in [0.5, 0.6) is 0 Å². The van der Waals surface area contributed by atoms with Crippen LogP contribution in [-0.4, -0.2) is 56.0 Å². The fourth-order valence-corrected chi connectivity index (χ4v) is 6.02. The van der Waals surface area contributed by atoms with Crippen molar-refractivity contribution in [1.29, 1.82) is 0 Å². The zero-order valence-corrected chi connectivity index (χ0v) is 20.1. The summed E-state index contributed by atoms with van der Waals surface area (Å²) in [6.07, 6.45) is 5.78. The molecule has 2 aliphatic heterocycles. The van der Waals surface area contributed by atoms with E-state index in [0.717, 1.165) is 42.4 Å². The minimum atomic E-state index is -3.84. The van der Waals surface area contributed by atoms with Crippen LogP contribution >= 0.6 is 11.6 Å². The topological polar surface area (TPSA) is 94.6 Å². The number of hydrogen-bond acceptors (Lipinski definition) is 6. The van der Waals surface area contributed by atoms with E-state index in [0.29, 0.717) is 18.0 Å². The number of anilines is 1. The van der Waals surface area contributed by atoms with Crippen LogP contribution in [0, 0.1) is 0 Å². The van der Waals surface area contributed by atoms with Crippen LogP contribution in [0.15, 0.2) is 65.8 Å². The van der Waals surface area contributed by atoms with Gasteiger partial charge in [-0.1, -0.05) is 23.7 Å². The minimum absolute atomic E-state index is 0.130. The molecule has 1 aromatic heterocycles. The molecule has 0 spiro atoms. The molecule has 0 bridgehead atoms. The lowest BCUT2D eigenvalue weighted by atomic mass is 10.1. The molecule has 2 saturated heterocycles. The Morgan fingerprint density at radius 3 is 2.38 bits per heavy atom. The zero-order valence-electron chi connectivity index (χ0n) is 18.5. The number of halogens is 1. The Balaban J connectivity index is 1.18. The van der Waals surface area contributed by atoms with Gasteiger partial charge in [0.05, 0.1) is 4.90 Å². The predicted molar refractivity (Wildman–Crippen MR) is 132 cm³/mol. The molecule has 2 aromatic carbocycles. The number of piperidine rings is 1. The first-order chi connectivity index (χ1) is 16.4. The highest BCUT2D eigenvalue weighted by molar-refractivity contribution is 7.89. The number of nitrogens with zero attached hydrogens (tertiary/aromatic N) is 3. The number of carbonyl (C=O) groups is 1. The van der Waals surface area contributed by atoms with Gasteiger partial charge in [-0.3, -0.25) is 14.8 Å². The minimum Gasteiger partial charge on any atom is -0.371 e. The molecule has 5 rings (SSSR count). The summed E-state index contributed by atoms with van der Waals surface area (Å²) >= 11 is 6.01. The maximum Gasteiger partial charge on any atom is 0.254 e. The fraction of sp³-hybridized carbons (Fsp3) is 0.333. The second kappa shape index (κ2) is 9.50. The molecule has 3 heterocycles. The lowest BCUT2D eigenvalue weighted by Gasteiger charge is -2.35. The van der Waals surface area contributed by atoms with E-state index < -0.39 is 16.1 Å². The summed E-state index contributed by atoms with van der Waals surface area (Å²) in [6.45, 7) is 2.23. The SMILES string of the molecule is O=C1[C@H](NS(=O)(=O)c2ccc3cc(Cl)ccc3c2)CCN1NC1CCN(c2ccncc2)CC1. The maximum absolute atomic E-state index is 13.0. The normalized spacial score (nSPS) is 19.8. The van der Waals surface area contributed by atoms with E-state index >= 15 is 0 Å². The van der Waals surface area contributed by atoms with Crippen molar-refractivity contribution in [2.45, 2.75) is 36.2 Å². The van der Waals surface area contributed by atoms with Crippen molar-refractivity contribution in [3.63, 3.8) is 0 Å². The molecule has 3 aromatic rings. The zero-order chi connectivity index (χ0) is 23.7. The molecule has 0 saturated carbocycles. The second-order valence-corrected chi connectivity index (χ2v) is 10.9. The Bertz CT molecular complexity index is 1300. The van der Waals surface area contributed by atoms with Gasteiger partial charge < -0.3 is 4.90 Å². The number of pyridine rings is 1. The average Bonchev–Trinajstić information content (AvgIpc) is 3.18. The number of benzene rings is 2. The van der Waals surface area contributed by atoms with Crippen LogP contribution in [0.25, 0.3) is 10.8 Å². The Hall–Kier alpha value is -2.72. The second-order valence-electron chi connectivity index (χ2n) is 8.70. The van der Waals surface area contributed by atoms with Crippen LogP contribution in [0.2, 0.25) is 5.02 Å². The monoisotopic (exact) mass is 499 g/mol. The van der Waals surface area contributed by atoms with E-state index in [9.17, 15) is 13.2 Å². The number of carbonyl (C=O) groups excluding carboxylic acids is 1. The van der Waals surface area contributed by atoms with Gasteiger partial charge in [0.25, 0.3) is 5.91 Å². The highest BCUT2D eigenvalue weighted by Crippen LogP contribution is 2.24. The van der Waals surface area contributed by atoms with Gasteiger partial charge in [0.2, 0.25) is 10.0 Å². The molecule has 2 aliphatic rings. The number of fused-ring (bicyclic) bond motifs is 1. The molecule has 178 valence electrons. The van der Waals surface area contributed by atoms with Gasteiger partial charge in [-0.15, -0.1) is 0 Å². The lowest BCUT2D eigenvalue weighted by molar-refractivity contribution is -0.132. The standard InChI is InChI=1S/C24H26ClN5O3S/c25-19-3-1-18-16-22(4-2-17(18)15-19)34(32,33)28-23-9-14-30(24(23)31)27-20-7-12-29(13-8-20)21-5-10-26-11-6-21/h1-6,10-11,15-16,20,23,27-28H,7-9,12-14H2/t23-/m1/s1. The summed E-state index contributed by atoms with van der Waals surface area (Å²) in [6, 6.07) is 13.5. The molecule has 0 aliphatic carbocycles. The number of hydrogen-bond donors (Lipinski definition) is 2. The van der Waals surface area contributed by atoms with Crippen molar-refractivity contribution in [3.8, 4) is 0 Å². The number of sulfonamides is 1. The van der Waals surface area contributed by atoms with Crippen molar-refractivity contribution in [2.24, 2.45) is 0 Å². The number of nitrogens with one attached hydrogen (secondary N) is 2. The Morgan fingerprint density at radius 1 is 0.912 bits per heavy atom. The number of hydrazine groups is 1. The van der Waals surface area contributed by atoms with E-state index in [-0.39, 0.29) is 16.8 Å². The molecule has 1 atom stereocenters. The first kappa shape index (κ1) is 23.0. The van der Waals surface area contributed by atoms with E-state index in [1.807, 2.05) is 12.1 Å². The molecule has 10 heteroatoms. The van der Waals surface area contributed by atoms with Crippen molar-refractivity contribution in [3.05, 3.63) is 65.9 Å². The third-order valence-corrected chi connectivity index (χ3v) is 8.15. The maximum atomic E-state index is 13.0. The molecular weight excluding hydrogens is 474 g/mol. The van der Waals surface area contributed by atoms with Crippen molar-refractivity contribution in [1.82, 2.24) is 20.1 Å². The van der Waals surface area contributed by atoms with E-state index in [1.54, 1.807) is 47.7 Å². The highest BCUT2D eigenvalue weighted by Gasteiger charge is 2.36. The number of rotatable bonds is 6. The molecule has 34 heavy (non-hydrogen) atoms. The Kier molecular flexibility index (Phi) is 6.44. The quantitative estimate of drug-likeness (QED) is 0.541. The first-order valence-electron chi connectivity index (χ1n) is 11.3. The van der Waals surface area contributed by atoms with Crippen LogP contribution < -0.4 is 15.0 Å². The van der Waals surface area contributed by atoms with Crippen LogP contribution in [-0.2, 0) is 14.8 Å². The van der Waals surface area contributed by atoms with E-state index in [1.165, 1.54) is 6.07 Å². The van der Waals surface area contributed by atoms with Crippen LogP contribution in [0.3, 0.4) is 0 Å². The largest absolute Gasteiger partial charge is 0.371 e. The highest BCUT2D eigenvalue weighted by atomic mass is 35.5. The molecule has 1 amide bonds. The first-order valence-corrected chi connectivity index (χ1v) is 13.2. The average molecular weight is 500 g/mol. The summed E-state index contributed by atoms with van der Waals surface area (Å²) < 4.78 is 28.5. The van der Waals surface area contributed by atoms with E-state index in [4.69, 9.17) is 11.6 Å². The van der Waals surface area contributed by atoms with Gasteiger partial charge in [0, 0.05) is 48.8 Å². The van der Waals surface area contributed by atoms with Gasteiger partial charge in [-0.2, -0.15) is 4.72 Å². The van der Waals surface area contributed by atoms with Gasteiger partial charge >= 0.3 is 0 Å². The summed E-state index contributed by atoms with van der Waals surface area (Å²) in [5.41, 5.74) is 4.47. The third-order valence-electron chi connectivity index (χ3n) is 6.45. The van der Waals surface area contributed by atoms with Gasteiger partial charge in [-0.05, 0) is 66.4 Å². The number of aromatic nitrogens is 1. The number of amides is 1. The molecule has 0 unspecified atom stereocenters. The summed E-state index contributed by atoms with van der Waals surface area (Å²) in [4.78, 5) is 19.4. The van der Waals surface area contributed by atoms with Crippen molar-refractivity contribution >= 4 is 44.0 Å². The summed E-state index contributed by atoms with van der Waals surface area (Å²) in [5, 5.41) is 3.79. The lowest BCUT2D eigenvalue weighted by Crippen LogP contribution is -2.52. The molecule has 2 fully saturated rings. The third kappa shape index (κ3) is 4.88. The van der Waals surface area contributed by atoms with E-state index in [2.05, 4.69) is 20.0 Å². The van der Waals surface area contributed by atoms with Gasteiger partial charge in [-0.25, -0.2) is 13.8 Å². The van der Waals surface area contributed by atoms with Gasteiger partial charge in [0.15, 0.2) is 0 Å². The predicted octanol–water partition coefficient (Wildman–Crippen LogP) is 2.94. The Labute approximate surface area is 203 Å². The van der Waals surface area contributed by atoms with Crippen molar-refractivity contribution in [2.75, 3.05) is 24.5 Å². The smallest absolute Gasteiger partial charge is 0.254 e. The summed E-state index contributed by atoms with van der Waals surface area (Å²) in [5.74, 6) is -0.243. The molecule has 2 N–H and O–H groups in total. The Morgan fingerprint density at radius 2 is 1.62 bits per heavy atom.